The topological polar surface area (TPSA) is 55.1 Å². The van der Waals surface area contributed by atoms with Gasteiger partial charge in [-0.25, -0.2) is 0 Å². The highest BCUT2D eigenvalue weighted by atomic mass is 32.1. The molecule has 3 N–H and O–H groups in total. The molecule has 0 saturated heterocycles. The monoisotopic (exact) mass is 312 g/mol. The lowest BCUT2D eigenvalue weighted by Gasteiger charge is -2.30. The smallest absolute Gasteiger partial charge is 0.233 e. The fourth-order valence-electron chi connectivity index (χ4n) is 2.34. The van der Waals surface area contributed by atoms with Gasteiger partial charge in [0, 0.05) is 22.2 Å². The molecule has 0 aromatic carbocycles. The van der Waals surface area contributed by atoms with Gasteiger partial charge in [-0.3, -0.25) is 4.79 Å². The molecule has 112 valence electrons. The number of hydrogen-bond acceptors (Lipinski definition) is 3. The van der Waals surface area contributed by atoms with E-state index in [0.29, 0.717) is 17.8 Å². The number of aryl methyl sites for hydroxylation is 1. The van der Waals surface area contributed by atoms with E-state index in [1.165, 1.54) is 9.75 Å². The Morgan fingerprint density at radius 2 is 2.05 bits per heavy atom. The van der Waals surface area contributed by atoms with Crippen LogP contribution in [0.5, 0.6) is 0 Å². The van der Waals surface area contributed by atoms with Crippen LogP contribution < -0.4 is 11.1 Å². The molecule has 1 aromatic heterocycles. The van der Waals surface area contributed by atoms with Crippen molar-refractivity contribution in [1.29, 1.82) is 0 Å². The maximum absolute atomic E-state index is 12.5. The second-order valence-electron chi connectivity index (χ2n) is 5.24. The summed E-state index contributed by atoms with van der Waals surface area (Å²) in [7, 11) is 0. The lowest BCUT2D eigenvalue weighted by molar-refractivity contribution is -0.128. The number of thiocarbonyl (C=S) groups is 1. The largest absolute Gasteiger partial charge is 0.392 e. The number of carbonyl (C=O) groups excluding carboxylic acids is 1. The Balaban J connectivity index is 2.71. The van der Waals surface area contributed by atoms with E-state index in [9.17, 15) is 4.79 Å². The van der Waals surface area contributed by atoms with Crippen molar-refractivity contribution in [2.75, 3.05) is 0 Å². The van der Waals surface area contributed by atoms with Gasteiger partial charge in [-0.15, -0.1) is 11.3 Å². The zero-order valence-electron chi connectivity index (χ0n) is 12.7. The van der Waals surface area contributed by atoms with Gasteiger partial charge in [0.2, 0.25) is 5.91 Å². The Bertz CT molecular complexity index is 478. The van der Waals surface area contributed by atoms with Crippen molar-refractivity contribution < 1.29 is 4.79 Å². The number of amides is 1. The molecule has 1 atom stereocenters. The first-order valence-corrected chi connectivity index (χ1v) is 8.24. The molecule has 0 aliphatic heterocycles. The number of rotatable bonds is 7. The predicted molar refractivity (Wildman–Crippen MR) is 90.2 cm³/mol. The van der Waals surface area contributed by atoms with Crippen molar-refractivity contribution in [1.82, 2.24) is 5.32 Å². The third-order valence-corrected chi connectivity index (χ3v) is 5.21. The summed E-state index contributed by atoms with van der Waals surface area (Å²) in [5.74, 6) is -0.0456. The first-order chi connectivity index (χ1) is 9.35. The van der Waals surface area contributed by atoms with Crippen molar-refractivity contribution in [3.05, 3.63) is 21.9 Å². The van der Waals surface area contributed by atoms with Crippen LogP contribution in [-0.2, 0) is 11.2 Å². The zero-order chi connectivity index (χ0) is 15.3. The highest BCUT2D eigenvalue weighted by Gasteiger charge is 2.38. The van der Waals surface area contributed by atoms with Crippen LogP contribution >= 0.6 is 23.6 Å². The summed E-state index contributed by atoms with van der Waals surface area (Å²) in [5, 5.41) is 3.06. The molecule has 0 fully saturated rings. The molecule has 1 rings (SSSR count). The Morgan fingerprint density at radius 1 is 1.45 bits per heavy atom. The van der Waals surface area contributed by atoms with E-state index in [4.69, 9.17) is 18.0 Å². The minimum atomic E-state index is -0.713. The Labute approximate surface area is 130 Å². The van der Waals surface area contributed by atoms with Crippen LogP contribution in [0.2, 0.25) is 0 Å². The Morgan fingerprint density at radius 3 is 2.45 bits per heavy atom. The third kappa shape index (κ3) is 3.79. The lowest BCUT2D eigenvalue weighted by atomic mass is 9.81. The van der Waals surface area contributed by atoms with Gasteiger partial charge in [0.25, 0.3) is 0 Å². The van der Waals surface area contributed by atoms with Gasteiger partial charge >= 0.3 is 0 Å². The van der Waals surface area contributed by atoms with E-state index < -0.39 is 5.41 Å². The number of thiophene rings is 1. The van der Waals surface area contributed by atoms with Crippen molar-refractivity contribution in [3.63, 3.8) is 0 Å². The van der Waals surface area contributed by atoms with Gasteiger partial charge in [-0.05, 0) is 38.8 Å². The van der Waals surface area contributed by atoms with Crippen LogP contribution in [-0.4, -0.2) is 16.9 Å². The molecule has 1 amide bonds. The molecule has 0 aliphatic carbocycles. The molecule has 0 bridgehead atoms. The van der Waals surface area contributed by atoms with Crippen LogP contribution in [0.25, 0.3) is 0 Å². The molecule has 3 nitrogen and oxygen atoms in total. The number of carbonyl (C=O) groups is 1. The highest BCUT2D eigenvalue weighted by Crippen LogP contribution is 2.27. The molecule has 5 heteroatoms. The van der Waals surface area contributed by atoms with Crippen LogP contribution in [0.15, 0.2) is 12.1 Å². The zero-order valence-corrected chi connectivity index (χ0v) is 14.3. The van der Waals surface area contributed by atoms with E-state index >= 15 is 0 Å². The van der Waals surface area contributed by atoms with E-state index in [1.54, 1.807) is 11.3 Å². The maximum Gasteiger partial charge on any atom is 0.233 e. The molecule has 0 saturated carbocycles. The molecular weight excluding hydrogens is 288 g/mol. The minimum Gasteiger partial charge on any atom is -0.392 e. The van der Waals surface area contributed by atoms with Crippen molar-refractivity contribution in [3.8, 4) is 0 Å². The second kappa shape index (κ2) is 7.18. The van der Waals surface area contributed by atoms with E-state index in [-0.39, 0.29) is 11.9 Å². The van der Waals surface area contributed by atoms with Crippen LogP contribution in [0, 0.1) is 12.3 Å². The molecule has 0 radical (unpaired) electrons. The predicted octanol–water partition coefficient (Wildman–Crippen LogP) is 3.20. The van der Waals surface area contributed by atoms with Crippen LogP contribution in [0.3, 0.4) is 0 Å². The first kappa shape index (κ1) is 17.1. The molecular formula is C15H24N2OS2. The summed E-state index contributed by atoms with van der Waals surface area (Å²) in [6, 6.07) is 4.29. The average Bonchev–Trinajstić information content (AvgIpc) is 2.76. The summed E-state index contributed by atoms with van der Waals surface area (Å²) in [5.41, 5.74) is 5.08. The standard InChI is InChI=1S/C15H24N2OS2/c1-5-15(6-2,13(16)19)14(18)17-10(3)9-12-8-7-11(4)20-12/h7-8,10H,5-6,9H2,1-4H3,(H2,16,19)(H,17,18). The quantitative estimate of drug-likeness (QED) is 0.760. The maximum atomic E-state index is 12.5. The summed E-state index contributed by atoms with van der Waals surface area (Å²) >= 11 is 6.88. The molecule has 20 heavy (non-hydrogen) atoms. The van der Waals surface area contributed by atoms with E-state index in [2.05, 4.69) is 24.4 Å². The van der Waals surface area contributed by atoms with Crippen LogP contribution in [0.4, 0.5) is 0 Å². The van der Waals surface area contributed by atoms with Gasteiger partial charge in [0.1, 0.15) is 0 Å². The fraction of sp³-hybridized carbons (Fsp3) is 0.600. The van der Waals surface area contributed by atoms with Gasteiger partial charge in [0.05, 0.1) is 10.4 Å². The molecule has 0 aliphatic rings. The van der Waals surface area contributed by atoms with Crippen LogP contribution in [0.1, 0.15) is 43.4 Å². The van der Waals surface area contributed by atoms with Gasteiger partial charge < -0.3 is 11.1 Å². The fourth-order valence-corrected chi connectivity index (χ4v) is 3.74. The average molecular weight is 313 g/mol. The normalized spacial score (nSPS) is 13.0. The van der Waals surface area contributed by atoms with Gasteiger partial charge in [0.15, 0.2) is 0 Å². The molecule has 1 aromatic rings. The first-order valence-electron chi connectivity index (χ1n) is 7.02. The summed E-state index contributed by atoms with van der Waals surface area (Å²) in [6.45, 7) is 8.01. The SMILES string of the molecule is CCC(CC)(C(=O)NC(C)Cc1ccc(C)s1)C(N)=S. The number of nitrogens with two attached hydrogens (primary N) is 1. The van der Waals surface area contributed by atoms with Crippen molar-refractivity contribution in [2.24, 2.45) is 11.1 Å². The summed E-state index contributed by atoms with van der Waals surface area (Å²) < 4.78 is 0. The Kier molecular flexibility index (Phi) is 6.14. The van der Waals surface area contributed by atoms with E-state index in [1.807, 2.05) is 20.8 Å². The minimum absolute atomic E-state index is 0.0456. The van der Waals surface area contributed by atoms with Gasteiger partial charge in [-0.2, -0.15) is 0 Å². The number of nitrogens with one attached hydrogen (secondary N) is 1. The van der Waals surface area contributed by atoms with E-state index in [0.717, 1.165) is 6.42 Å². The van der Waals surface area contributed by atoms with Crippen molar-refractivity contribution >= 4 is 34.5 Å². The third-order valence-electron chi connectivity index (χ3n) is 3.79. The van der Waals surface area contributed by atoms with Gasteiger partial charge in [-0.1, -0.05) is 26.1 Å². The molecule has 0 spiro atoms. The molecule has 1 unspecified atom stereocenters. The molecule has 1 heterocycles. The Hall–Kier alpha value is -0.940. The summed E-state index contributed by atoms with van der Waals surface area (Å²) in [6.07, 6.45) is 2.11. The highest BCUT2D eigenvalue weighted by molar-refractivity contribution is 7.80. The second-order valence-corrected chi connectivity index (χ2v) is 7.06. The van der Waals surface area contributed by atoms with Crippen molar-refractivity contribution in [2.45, 2.75) is 53.0 Å². The number of hydrogen-bond donors (Lipinski definition) is 2. The lowest BCUT2D eigenvalue weighted by Crippen LogP contribution is -2.50. The summed E-state index contributed by atoms with van der Waals surface area (Å²) in [4.78, 5) is 15.4.